The Kier molecular flexibility index (Phi) is 9.62. The number of likely N-dealkylation sites (tertiary alicyclic amines) is 1. The van der Waals surface area contributed by atoms with Gasteiger partial charge in [0.05, 0.1) is 24.2 Å². The Labute approximate surface area is 222 Å². The van der Waals surface area contributed by atoms with Gasteiger partial charge in [0.2, 0.25) is 11.8 Å². The smallest absolute Gasteiger partial charge is 0.313 e. The highest BCUT2D eigenvalue weighted by atomic mass is 16.6. The number of carbonyl (C=O) groups excluding carboxylic acids is 3. The molecule has 208 valence electrons. The lowest BCUT2D eigenvalue weighted by molar-refractivity contribution is -0.163. The van der Waals surface area contributed by atoms with Gasteiger partial charge >= 0.3 is 5.97 Å². The number of aliphatic hydroxyl groups is 1. The summed E-state index contributed by atoms with van der Waals surface area (Å²) < 4.78 is 12.3. The zero-order chi connectivity index (χ0) is 27.4. The first-order valence-corrected chi connectivity index (χ1v) is 14.0. The van der Waals surface area contributed by atoms with Crippen molar-refractivity contribution in [2.45, 2.75) is 95.9 Å². The predicted octanol–water partition coefficient (Wildman–Crippen LogP) is 3.48. The molecule has 2 unspecified atom stereocenters. The van der Waals surface area contributed by atoms with Crippen molar-refractivity contribution < 1.29 is 29.0 Å². The van der Waals surface area contributed by atoms with Crippen LogP contribution in [0.2, 0.25) is 0 Å². The Balaban J connectivity index is 2.13. The van der Waals surface area contributed by atoms with Crippen LogP contribution in [0, 0.1) is 17.8 Å². The SMILES string of the molecule is C=CCOC(=O)[C@H]1[C@H]2C(=O)N([C@@H](CO)[C@@H](C)CC)C(C(=O)N(CC=C)CCCCC)C23CC[C@]1(CC)O3. The molecule has 0 radical (unpaired) electrons. The van der Waals surface area contributed by atoms with E-state index in [-0.39, 0.29) is 30.9 Å². The molecule has 1 N–H and O–H groups in total. The summed E-state index contributed by atoms with van der Waals surface area (Å²) in [5.74, 6) is -2.64. The first-order chi connectivity index (χ1) is 17.7. The van der Waals surface area contributed by atoms with Crippen molar-refractivity contribution in [2.24, 2.45) is 17.8 Å². The molecular weight excluding hydrogens is 472 g/mol. The van der Waals surface area contributed by atoms with Crippen molar-refractivity contribution in [2.75, 3.05) is 26.3 Å². The van der Waals surface area contributed by atoms with Crippen LogP contribution in [0.15, 0.2) is 25.3 Å². The van der Waals surface area contributed by atoms with Crippen LogP contribution in [-0.4, -0.2) is 82.3 Å². The lowest BCUT2D eigenvalue weighted by Crippen LogP contribution is -2.60. The number of amides is 2. The summed E-state index contributed by atoms with van der Waals surface area (Å²) in [4.78, 5) is 45.4. The third kappa shape index (κ3) is 4.87. The van der Waals surface area contributed by atoms with Crippen LogP contribution in [0.1, 0.15) is 72.6 Å². The third-order valence-electron chi connectivity index (χ3n) is 8.99. The fraction of sp³-hybridized carbons (Fsp3) is 0.759. The summed E-state index contributed by atoms with van der Waals surface area (Å²) in [7, 11) is 0. The fourth-order valence-corrected chi connectivity index (χ4v) is 6.87. The molecule has 0 saturated carbocycles. The molecule has 7 atom stereocenters. The lowest BCUT2D eigenvalue weighted by Gasteiger charge is -2.41. The van der Waals surface area contributed by atoms with Gasteiger partial charge in [-0.1, -0.05) is 65.7 Å². The highest BCUT2D eigenvalue weighted by Gasteiger charge is 2.79. The van der Waals surface area contributed by atoms with Crippen molar-refractivity contribution in [3.63, 3.8) is 0 Å². The Morgan fingerprint density at radius 2 is 1.97 bits per heavy atom. The van der Waals surface area contributed by atoms with E-state index in [1.165, 1.54) is 6.08 Å². The van der Waals surface area contributed by atoms with Gasteiger partial charge in [0.25, 0.3) is 0 Å². The minimum absolute atomic E-state index is 0.0454. The molecule has 8 nitrogen and oxygen atoms in total. The van der Waals surface area contributed by atoms with E-state index in [9.17, 15) is 19.5 Å². The summed E-state index contributed by atoms with van der Waals surface area (Å²) >= 11 is 0. The Morgan fingerprint density at radius 1 is 1.24 bits per heavy atom. The summed E-state index contributed by atoms with van der Waals surface area (Å²) in [6.07, 6.45) is 8.40. The van der Waals surface area contributed by atoms with E-state index in [4.69, 9.17) is 9.47 Å². The van der Waals surface area contributed by atoms with Crippen molar-refractivity contribution in [1.82, 2.24) is 9.80 Å². The fourth-order valence-electron chi connectivity index (χ4n) is 6.87. The number of aliphatic hydroxyl groups excluding tert-OH is 1. The summed E-state index contributed by atoms with van der Waals surface area (Å²) in [5.41, 5.74) is -1.98. The molecule has 8 heteroatoms. The van der Waals surface area contributed by atoms with Crippen LogP contribution in [0.3, 0.4) is 0 Å². The maximum atomic E-state index is 14.4. The van der Waals surface area contributed by atoms with Gasteiger partial charge in [-0.15, -0.1) is 6.58 Å². The standard InChI is InChI=1S/C29H46N2O6/c1-7-12-13-17-30(16-8-2)26(34)24-29-15-14-28(11-5,37-29)23(27(35)36-18-9-3)22(29)25(33)31(24)21(19-32)20(6)10-4/h8-9,20-24,32H,2-3,7,10-19H2,1,4-6H3/t20-,21-,22-,23+,24?,28-,29?/m0/s1. The lowest BCUT2D eigenvalue weighted by atomic mass is 9.65. The number of rotatable bonds is 15. The highest BCUT2D eigenvalue weighted by Crippen LogP contribution is 2.65. The number of esters is 1. The van der Waals surface area contributed by atoms with Gasteiger partial charge in [0.1, 0.15) is 24.2 Å². The Hall–Kier alpha value is -2.19. The molecule has 3 aliphatic rings. The second-order valence-corrected chi connectivity index (χ2v) is 10.9. The minimum Gasteiger partial charge on any atom is -0.461 e. The molecular formula is C29H46N2O6. The molecule has 37 heavy (non-hydrogen) atoms. The van der Waals surface area contributed by atoms with Crippen molar-refractivity contribution >= 4 is 17.8 Å². The largest absolute Gasteiger partial charge is 0.461 e. The second-order valence-electron chi connectivity index (χ2n) is 10.9. The number of unbranched alkanes of at least 4 members (excludes halogenated alkanes) is 2. The van der Waals surface area contributed by atoms with Gasteiger partial charge in [-0.25, -0.2) is 0 Å². The van der Waals surface area contributed by atoms with Gasteiger partial charge in [0, 0.05) is 13.1 Å². The Bertz CT molecular complexity index is 876. The van der Waals surface area contributed by atoms with Crippen LogP contribution in [0.5, 0.6) is 0 Å². The molecule has 1 spiro atoms. The third-order valence-corrected chi connectivity index (χ3v) is 8.99. The molecule has 2 bridgehead atoms. The van der Waals surface area contributed by atoms with Gasteiger partial charge in [-0.3, -0.25) is 14.4 Å². The first kappa shape index (κ1) is 29.4. The van der Waals surface area contributed by atoms with Gasteiger partial charge in [0.15, 0.2) is 0 Å². The molecule has 0 aromatic heterocycles. The maximum Gasteiger partial charge on any atom is 0.313 e. The van der Waals surface area contributed by atoms with Crippen LogP contribution in [0.25, 0.3) is 0 Å². The highest BCUT2D eigenvalue weighted by molar-refractivity contribution is 5.98. The molecule has 3 aliphatic heterocycles. The average Bonchev–Trinajstić information content (AvgIpc) is 3.50. The molecule has 3 rings (SSSR count). The topological polar surface area (TPSA) is 96.4 Å². The van der Waals surface area contributed by atoms with Gasteiger partial charge in [-0.05, 0) is 31.6 Å². The normalized spacial score (nSPS) is 31.6. The summed E-state index contributed by atoms with van der Waals surface area (Å²) in [5, 5.41) is 10.5. The van der Waals surface area contributed by atoms with Gasteiger partial charge < -0.3 is 24.4 Å². The second kappa shape index (κ2) is 12.1. The van der Waals surface area contributed by atoms with Crippen LogP contribution in [-0.2, 0) is 23.9 Å². The summed E-state index contributed by atoms with van der Waals surface area (Å²) in [6, 6.07) is -1.47. The molecule has 3 fully saturated rings. The molecule has 0 aliphatic carbocycles. The van der Waals surface area contributed by atoms with E-state index in [1.54, 1.807) is 15.9 Å². The van der Waals surface area contributed by atoms with Gasteiger partial charge in [-0.2, -0.15) is 0 Å². The quantitative estimate of drug-likeness (QED) is 0.203. The number of carbonyl (C=O) groups is 3. The number of nitrogens with zero attached hydrogens (tertiary/aromatic N) is 2. The first-order valence-electron chi connectivity index (χ1n) is 14.0. The molecule has 3 saturated heterocycles. The summed E-state index contributed by atoms with van der Waals surface area (Å²) in [6.45, 7) is 16.2. The number of fused-ring (bicyclic) bond motifs is 1. The minimum atomic E-state index is -1.13. The Morgan fingerprint density at radius 3 is 2.54 bits per heavy atom. The zero-order valence-corrected chi connectivity index (χ0v) is 23.1. The molecule has 2 amide bonds. The van der Waals surface area contributed by atoms with E-state index in [0.717, 1.165) is 25.7 Å². The van der Waals surface area contributed by atoms with Crippen LogP contribution >= 0.6 is 0 Å². The van der Waals surface area contributed by atoms with Crippen molar-refractivity contribution in [3.8, 4) is 0 Å². The van der Waals surface area contributed by atoms with E-state index in [0.29, 0.717) is 32.4 Å². The van der Waals surface area contributed by atoms with E-state index < -0.39 is 41.1 Å². The van der Waals surface area contributed by atoms with Crippen molar-refractivity contribution in [3.05, 3.63) is 25.3 Å². The van der Waals surface area contributed by atoms with Crippen LogP contribution < -0.4 is 0 Å². The number of ether oxygens (including phenoxy) is 2. The predicted molar refractivity (Wildman–Crippen MR) is 141 cm³/mol. The van der Waals surface area contributed by atoms with Crippen molar-refractivity contribution in [1.29, 1.82) is 0 Å². The average molecular weight is 519 g/mol. The molecule has 3 heterocycles. The monoisotopic (exact) mass is 518 g/mol. The zero-order valence-electron chi connectivity index (χ0n) is 23.1. The van der Waals surface area contributed by atoms with Crippen LogP contribution in [0.4, 0.5) is 0 Å². The molecule has 0 aromatic rings. The van der Waals surface area contributed by atoms with E-state index in [1.807, 2.05) is 20.8 Å². The molecule has 0 aromatic carbocycles. The number of hydrogen-bond acceptors (Lipinski definition) is 6. The van der Waals surface area contributed by atoms with E-state index in [2.05, 4.69) is 20.1 Å². The van der Waals surface area contributed by atoms with E-state index >= 15 is 0 Å². The number of hydrogen-bond donors (Lipinski definition) is 1. The maximum absolute atomic E-state index is 14.4.